The molecule has 2 atom stereocenters. The minimum Gasteiger partial charge on any atom is -0.314 e. The van der Waals surface area contributed by atoms with Gasteiger partial charge in [-0.05, 0) is 62.3 Å². The highest BCUT2D eigenvalue weighted by molar-refractivity contribution is 9.10. The summed E-state index contributed by atoms with van der Waals surface area (Å²) in [5, 5.41) is 8.27. The van der Waals surface area contributed by atoms with Gasteiger partial charge in [0.25, 0.3) is 0 Å². The molecule has 1 aromatic heterocycles. The molecule has 120 valence electrons. The average Bonchev–Trinajstić information content (AvgIpc) is 2.98. The maximum atomic E-state index is 4.59. The van der Waals surface area contributed by atoms with Gasteiger partial charge in [-0.2, -0.15) is 5.10 Å². The second-order valence-electron chi connectivity index (χ2n) is 6.82. The summed E-state index contributed by atoms with van der Waals surface area (Å²) in [5.74, 6) is 0. The number of rotatable bonds is 7. The van der Waals surface area contributed by atoms with E-state index in [0.29, 0.717) is 6.04 Å². The van der Waals surface area contributed by atoms with Crippen LogP contribution < -0.4 is 5.32 Å². The minimum absolute atomic E-state index is 0.229. The number of aromatic nitrogens is 2. The molecule has 1 aromatic rings. The Labute approximate surface area is 137 Å². The van der Waals surface area contributed by atoms with Crippen molar-refractivity contribution in [1.82, 2.24) is 20.0 Å². The molecular formula is C16H29BrN4. The van der Waals surface area contributed by atoms with Crippen molar-refractivity contribution in [3.63, 3.8) is 0 Å². The van der Waals surface area contributed by atoms with Crippen LogP contribution in [0.25, 0.3) is 0 Å². The first-order valence-corrected chi connectivity index (χ1v) is 8.85. The molecule has 0 bridgehead atoms. The topological polar surface area (TPSA) is 33.1 Å². The van der Waals surface area contributed by atoms with Crippen LogP contribution in [0.15, 0.2) is 10.7 Å². The molecule has 0 amide bonds. The largest absolute Gasteiger partial charge is 0.314 e. The van der Waals surface area contributed by atoms with Crippen LogP contribution in [-0.2, 0) is 12.0 Å². The van der Waals surface area contributed by atoms with E-state index < -0.39 is 0 Å². The summed E-state index contributed by atoms with van der Waals surface area (Å²) in [6.07, 6.45) is 6.88. The smallest absolute Gasteiger partial charge is 0.0635 e. The lowest BCUT2D eigenvalue weighted by molar-refractivity contribution is 0.349. The fourth-order valence-corrected chi connectivity index (χ4v) is 4.18. The Balaban J connectivity index is 2.11. The van der Waals surface area contributed by atoms with Gasteiger partial charge in [-0.1, -0.05) is 13.8 Å². The third-order valence-electron chi connectivity index (χ3n) is 4.55. The van der Waals surface area contributed by atoms with E-state index in [1.165, 1.54) is 35.8 Å². The molecule has 1 heterocycles. The van der Waals surface area contributed by atoms with E-state index >= 15 is 0 Å². The monoisotopic (exact) mass is 356 g/mol. The quantitative estimate of drug-likeness (QED) is 0.814. The lowest BCUT2D eigenvalue weighted by Gasteiger charge is -2.27. The zero-order valence-electron chi connectivity index (χ0n) is 13.8. The van der Waals surface area contributed by atoms with Gasteiger partial charge in [0.05, 0.1) is 22.9 Å². The predicted molar refractivity (Wildman–Crippen MR) is 91.8 cm³/mol. The number of hydrogen-bond donors (Lipinski definition) is 1. The summed E-state index contributed by atoms with van der Waals surface area (Å²) in [6, 6.07) is 0.652. The van der Waals surface area contributed by atoms with Crippen LogP contribution in [0.1, 0.15) is 45.2 Å². The zero-order chi connectivity index (χ0) is 15.5. The maximum Gasteiger partial charge on any atom is 0.0635 e. The highest BCUT2D eigenvalue weighted by atomic mass is 79.9. The van der Waals surface area contributed by atoms with E-state index in [4.69, 9.17) is 0 Å². The van der Waals surface area contributed by atoms with Crippen molar-refractivity contribution in [2.45, 2.75) is 57.5 Å². The average molecular weight is 357 g/mol. The summed E-state index contributed by atoms with van der Waals surface area (Å²) in [6.45, 7) is 7.73. The Morgan fingerprint density at radius 2 is 2.29 bits per heavy atom. The first kappa shape index (κ1) is 17.0. The Hall–Kier alpha value is -0.390. The lowest BCUT2D eigenvalue weighted by atomic mass is 9.84. The van der Waals surface area contributed by atoms with Gasteiger partial charge in [0.15, 0.2) is 0 Å². The standard InChI is InChI=1S/C16H29BrN4/c1-5-8-18-13-6-7-16(2,11-13)15-14(17)12-19-21(15)10-9-20(3)4/h12-13,18H,5-11H2,1-4H3. The Bertz CT molecular complexity index is 457. The van der Waals surface area contributed by atoms with Gasteiger partial charge in [-0.25, -0.2) is 0 Å². The Morgan fingerprint density at radius 3 is 2.95 bits per heavy atom. The Kier molecular flexibility index (Phi) is 5.86. The van der Waals surface area contributed by atoms with Gasteiger partial charge in [-0.15, -0.1) is 0 Å². The van der Waals surface area contributed by atoms with Crippen LogP contribution in [0.4, 0.5) is 0 Å². The van der Waals surface area contributed by atoms with E-state index in [2.05, 4.69) is 63.9 Å². The number of nitrogens with one attached hydrogen (secondary N) is 1. The van der Waals surface area contributed by atoms with Gasteiger partial charge in [0.2, 0.25) is 0 Å². The molecule has 4 nitrogen and oxygen atoms in total. The molecule has 1 aliphatic rings. The highest BCUT2D eigenvalue weighted by Crippen LogP contribution is 2.43. The maximum absolute atomic E-state index is 4.59. The van der Waals surface area contributed by atoms with E-state index in [9.17, 15) is 0 Å². The zero-order valence-corrected chi connectivity index (χ0v) is 15.4. The predicted octanol–water partition coefficient (Wildman–Crippen LogP) is 3.02. The number of halogens is 1. The van der Waals surface area contributed by atoms with Crippen LogP contribution >= 0.6 is 15.9 Å². The molecule has 21 heavy (non-hydrogen) atoms. The first-order chi connectivity index (χ1) is 9.96. The van der Waals surface area contributed by atoms with Crippen LogP contribution in [0.5, 0.6) is 0 Å². The molecule has 0 aliphatic heterocycles. The molecule has 1 N–H and O–H groups in total. The van der Waals surface area contributed by atoms with Crippen LogP contribution in [0.2, 0.25) is 0 Å². The minimum atomic E-state index is 0.229. The van der Waals surface area contributed by atoms with Gasteiger partial charge >= 0.3 is 0 Å². The van der Waals surface area contributed by atoms with E-state index in [1.807, 2.05) is 6.20 Å². The fourth-order valence-electron chi connectivity index (χ4n) is 3.41. The molecule has 0 aromatic carbocycles. The third kappa shape index (κ3) is 4.08. The van der Waals surface area contributed by atoms with Crippen LogP contribution in [-0.4, -0.2) is 47.9 Å². The fraction of sp³-hybridized carbons (Fsp3) is 0.812. The highest BCUT2D eigenvalue weighted by Gasteiger charge is 2.40. The molecular weight excluding hydrogens is 328 g/mol. The second-order valence-corrected chi connectivity index (χ2v) is 7.68. The molecule has 1 fully saturated rings. The third-order valence-corrected chi connectivity index (χ3v) is 5.13. The van der Waals surface area contributed by atoms with Crippen molar-refractivity contribution in [3.8, 4) is 0 Å². The van der Waals surface area contributed by atoms with Crippen molar-refractivity contribution < 1.29 is 0 Å². The van der Waals surface area contributed by atoms with Crippen molar-refractivity contribution in [3.05, 3.63) is 16.4 Å². The van der Waals surface area contributed by atoms with Crippen molar-refractivity contribution >= 4 is 15.9 Å². The second kappa shape index (κ2) is 7.25. The molecule has 0 radical (unpaired) electrons. The van der Waals surface area contributed by atoms with E-state index in [-0.39, 0.29) is 5.41 Å². The van der Waals surface area contributed by atoms with Gasteiger partial charge < -0.3 is 10.2 Å². The molecule has 1 saturated carbocycles. The number of nitrogens with zero attached hydrogens (tertiary/aromatic N) is 3. The molecule has 2 unspecified atom stereocenters. The molecule has 5 heteroatoms. The van der Waals surface area contributed by atoms with Crippen molar-refractivity contribution in [2.75, 3.05) is 27.2 Å². The summed E-state index contributed by atoms with van der Waals surface area (Å²) < 4.78 is 3.37. The van der Waals surface area contributed by atoms with Crippen molar-refractivity contribution in [1.29, 1.82) is 0 Å². The van der Waals surface area contributed by atoms with Crippen LogP contribution in [0.3, 0.4) is 0 Å². The number of hydrogen-bond acceptors (Lipinski definition) is 3. The van der Waals surface area contributed by atoms with E-state index in [0.717, 1.165) is 19.6 Å². The summed E-state index contributed by atoms with van der Waals surface area (Å²) in [7, 11) is 4.22. The van der Waals surface area contributed by atoms with Crippen molar-refractivity contribution in [2.24, 2.45) is 0 Å². The molecule has 0 spiro atoms. The van der Waals surface area contributed by atoms with E-state index in [1.54, 1.807) is 0 Å². The summed E-state index contributed by atoms with van der Waals surface area (Å²) in [4.78, 5) is 2.21. The summed E-state index contributed by atoms with van der Waals surface area (Å²) in [5.41, 5.74) is 1.61. The molecule has 2 rings (SSSR count). The molecule has 0 saturated heterocycles. The summed E-state index contributed by atoms with van der Waals surface area (Å²) >= 11 is 3.72. The lowest BCUT2D eigenvalue weighted by Crippen LogP contribution is -2.31. The van der Waals surface area contributed by atoms with Crippen LogP contribution in [0, 0.1) is 0 Å². The van der Waals surface area contributed by atoms with Gasteiger partial charge in [-0.3, -0.25) is 4.68 Å². The molecule has 1 aliphatic carbocycles. The number of likely N-dealkylation sites (N-methyl/N-ethyl adjacent to an activating group) is 1. The first-order valence-electron chi connectivity index (χ1n) is 8.06. The SMILES string of the molecule is CCCNC1CCC(C)(c2c(Br)cnn2CCN(C)C)C1. The Morgan fingerprint density at radius 1 is 1.52 bits per heavy atom. The normalized spacial score (nSPS) is 25.9. The van der Waals surface area contributed by atoms with Gasteiger partial charge in [0.1, 0.15) is 0 Å². The van der Waals surface area contributed by atoms with Gasteiger partial charge in [0, 0.05) is 18.0 Å².